The van der Waals surface area contributed by atoms with Crippen LogP contribution in [0.4, 0.5) is 0 Å². The second kappa shape index (κ2) is 3.42. The lowest BCUT2D eigenvalue weighted by molar-refractivity contribution is 0.196. The van der Waals surface area contributed by atoms with Gasteiger partial charge in [0.05, 0.1) is 6.10 Å². The molecule has 0 saturated carbocycles. The third-order valence-electron chi connectivity index (χ3n) is 2.33. The molecule has 0 fully saturated rings. The molecule has 0 spiro atoms. The molecule has 3 nitrogen and oxygen atoms in total. The highest BCUT2D eigenvalue weighted by molar-refractivity contribution is 5.80. The van der Waals surface area contributed by atoms with E-state index in [2.05, 4.69) is 4.98 Å². The second-order valence-corrected chi connectivity index (χ2v) is 3.69. The molecule has 2 aromatic heterocycles. The molecule has 2 heterocycles. The van der Waals surface area contributed by atoms with E-state index in [0.29, 0.717) is 6.42 Å². The van der Waals surface area contributed by atoms with Crippen molar-refractivity contribution < 1.29 is 5.11 Å². The summed E-state index contributed by atoms with van der Waals surface area (Å²) >= 11 is 0. The van der Waals surface area contributed by atoms with Gasteiger partial charge < -0.3 is 9.67 Å². The molecular weight excluding hydrogens is 176 g/mol. The highest BCUT2D eigenvalue weighted by Gasteiger charge is 2.08. The average Bonchev–Trinajstić information content (AvgIpc) is 2.44. The first kappa shape index (κ1) is 9.21. The molecule has 0 aliphatic carbocycles. The Balaban J connectivity index is 2.55. The quantitative estimate of drug-likeness (QED) is 0.779. The van der Waals surface area contributed by atoms with Gasteiger partial charge in [-0.25, -0.2) is 4.98 Å². The number of hydrogen-bond acceptors (Lipinski definition) is 2. The van der Waals surface area contributed by atoms with Crippen LogP contribution in [-0.2, 0) is 13.5 Å². The van der Waals surface area contributed by atoms with Crippen LogP contribution in [0.2, 0.25) is 0 Å². The summed E-state index contributed by atoms with van der Waals surface area (Å²) in [6, 6.07) is 3.97. The van der Waals surface area contributed by atoms with Crippen molar-refractivity contribution in [3.63, 3.8) is 0 Å². The van der Waals surface area contributed by atoms with Crippen molar-refractivity contribution in [1.29, 1.82) is 0 Å². The molecule has 0 bridgehead atoms. The molecule has 0 aliphatic heterocycles. The van der Waals surface area contributed by atoms with E-state index in [4.69, 9.17) is 0 Å². The summed E-state index contributed by atoms with van der Waals surface area (Å²) in [5.74, 6) is 0. The molecule has 0 aliphatic rings. The molecule has 0 aromatic carbocycles. The first-order valence-electron chi connectivity index (χ1n) is 4.75. The predicted molar refractivity (Wildman–Crippen MR) is 56.1 cm³/mol. The molecule has 0 amide bonds. The summed E-state index contributed by atoms with van der Waals surface area (Å²) in [4.78, 5) is 4.29. The lowest BCUT2D eigenvalue weighted by Crippen LogP contribution is -2.03. The van der Waals surface area contributed by atoms with Crippen molar-refractivity contribution in [2.45, 2.75) is 19.4 Å². The first-order chi connectivity index (χ1) is 6.68. The molecular formula is C11H14N2O. The van der Waals surface area contributed by atoms with Gasteiger partial charge in [-0.2, -0.15) is 0 Å². The Morgan fingerprint density at radius 2 is 2.36 bits per heavy atom. The van der Waals surface area contributed by atoms with Crippen LogP contribution in [0.15, 0.2) is 24.5 Å². The summed E-state index contributed by atoms with van der Waals surface area (Å²) in [7, 11) is 1.97. The number of aliphatic hydroxyl groups is 1. The van der Waals surface area contributed by atoms with Gasteiger partial charge in [-0.3, -0.25) is 0 Å². The minimum Gasteiger partial charge on any atom is -0.393 e. The third-order valence-corrected chi connectivity index (χ3v) is 2.33. The smallest absolute Gasteiger partial charge is 0.139 e. The zero-order chi connectivity index (χ0) is 10.1. The van der Waals surface area contributed by atoms with Crippen molar-refractivity contribution in [2.24, 2.45) is 7.05 Å². The first-order valence-corrected chi connectivity index (χ1v) is 4.75. The Hall–Kier alpha value is -1.35. The van der Waals surface area contributed by atoms with Gasteiger partial charge in [-0.15, -0.1) is 0 Å². The summed E-state index contributed by atoms with van der Waals surface area (Å²) < 4.78 is 1.99. The Labute approximate surface area is 83.0 Å². The Bertz CT molecular complexity index is 445. The van der Waals surface area contributed by atoms with Crippen LogP contribution < -0.4 is 0 Å². The fraction of sp³-hybridized carbons (Fsp3) is 0.364. The van der Waals surface area contributed by atoms with E-state index >= 15 is 0 Å². The zero-order valence-corrected chi connectivity index (χ0v) is 8.44. The molecule has 2 rings (SSSR count). The van der Waals surface area contributed by atoms with Crippen LogP contribution in [-0.4, -0.2) is 20.8 Å². The number of aromatic nitrogens is 2. The normalized spacial score (nSPS) is 13.4. The molecule has 1 N–H and O–H groups in total. The van der Waals surface area contributed by atoms with Gasteiger partial charge in [0.1, 0.15) is 5.65 Å². The fourth-order valence-electron chi connectivity index (χ4n) is 1.77. The van der Waals surface area contributed by atoms with Gasteiger partial charge in [0.2, 0.25) is 0 Å². The van der Waals surface area contributed by atoms with Crippen molar-refractivity contribution in [3.05, 3.63) is 30.1 Å². The Morgan fingerprint density at radius 3 is 3.07 bits per heavy atom. The second-order valence-electron chi connectivity index (χ2n) is 3.69. The summed E-state index contributed by atoms with van der Waals surface area (Å²) in [5.41, 5.74) is 2.13. The fourth-order valence-corrected chi connectivity index (χ4v) is 1.77. The van der Waals surface area contributed by atoms with E-state index in [-0.39, 0.29) is 6.10 Å². The van der Waals surface area contributed by atoms with Crippen LogP contribution >= 0.6 is 0 Å². The standard InChI is InChI=1S/C11H14N2O/c1-8(14)6-9-7-13(2)11-10(9)4-3-5-12-11/h3-5,7-8,14H,6H2,1-2H3. The predicted octanol–water partition coefficient (Wildman–Crippen LogP) is 1.50. The van der Waals surface area contributed by atoms with E-state index in [0.717, 1.165) is 16.6 Å². The minimum atomic E-state index is -0.305. The van der Waals surface area contributed by atoms with E-state index in [9.17, 15) is 5.11 Å². The number of nitrogens with zero attached hydrogens (tertiary/aromatic N) is 2. The van der Waals surface area contributed by atoms with Gasteiger partial charge in [0.15, 0.2) is 0 Å². The minimum absolute atomic E-state index is 0.305. The molecule has 0 saturated heterocycles. The van der Waals surface area contributed by atoms with Crippen molar-refractivity contribution in [3.8, 4) is 0 Å². The van der Waals surface area contributed by atoms with Crippen LogP contribution in [0.3, 0.4) is 0 Å². The topological polar surface area (TPSA) is 38.0 Å². The van der Waals surface area contributed by atoms with Gasteiger partial charge in [0, 0.05) is 31.2 Å². The molecule has 1 atom stereocenters. The van der Waals surface area contributed by atoms with Gasteiger partial charge in [-0.1, -0.05) is 0 Å². The number of rotatable bonds is 2. The molecule has 14 heavy (non-hydrogen) atoms. The lowest BCUT2D eigenvalue weighted by atomic mass is 10.1. The van der Waals surface area contributed by atoms with Gasteiger partial charge in [0.25, 0.3) is 0 Å². The van der Waals surface area contributed by atoms with E-state index < -0.39 is 0 Å². The van der Waals surface area contributed by atoms with Crippen molar-refractivity contribution >= 4 is 11.0 Å². The Kier molecular flexibility index (Phi) is 2.25. The molecule has 2 aromatic rings. The number of aryl methyl sites for hydroxylation is 1. The molecule has 1 unspecified atom stereocenters. The maximum Gasteiger partial charge on any atom is 0.139 e. The van der Waals surface area contributed by atoms with E-state index in [1.165, 1.54) is 0 Å². The van der Waals surface area contributed by atoms with Crippen molar-refractivity contribution in [1.82, 2.24) is 9.55 Å². The van der Waals surface area contributed by atoms with E-state index in [1.807, 2.05) is 29.9 Å². The lowest BCUT2D eigenvalue weighted by Gasteiger charge is -2.01. The van der Waals surface area contributed by atoms with E-state index in [1.54, 1.807) is 13.1 Å². The average molecular weight is 190 g/mol. The number of hydrogen-bond donors (Lipinski definition) is 1. The highest BCUT2D eigenvalue weighted by Crippen LogP contribution is 2.19. The van der Waals surface area contributed by atoms with Gasteiger partial charge in [-0.05, 0) is 24.6 Å². The number of fused-ring (bicyclic) bond motifs is 1. The SMILES string of the molecule is CC(O)Cc1cn(C)c2ncccc12. The monoisotopic (exact) mass is 190 g/mol. The third kappa shape index (κ3) is 1.51. The summed E-state index contributed by atoms with van der Waals surface area (Å²) in [6.45, 7) is 1.80. The Morgan fingerprint density at radius 1 is 1.57 bits per heavy atom. The maximum absolute atomic E-state index is 9.34. The van der Waals surface area contributed by atoms with Crippen molar-refractivity contribution in [2.75, 3.05) is 0 Å². The number of aliphatic hydroxyl groups excluding tert-OH is 1. The van der Waals surface area contributed by atoms with Crippen LogP contribution in [0.1, 0.15) is 12.5 Å². The van der Waals surface area contributed by atoms with Crippen LogP contribution in [0.5, 0.6) is 0 Å². The largest absolute Gasteiger partial charge is 0.393 e. The molecule has 3 heteroatoms. The van der Waals surface area contributed by atoms with Gasteiger partial charge >= 0.3 is 0 Å². The maximum atomic E-state index is 9.34. The highest BCUT2D eigenvalue weighted by atomic mass is 16.3. The number of pyridine rings is 1. The van der Waals surface area contributed by atoms with Crippen LogP contribution in [0.25, 0.3) is 11.0 Å². The summed E-state index contributed by atoms with van der Waals surface area (Å²) in [6.07, 6.45) is 4.20. The molecule has 0 radical (unpaired) electrons. The van der Waals surface area contributed by atoms with Crippen LogP contribution in [0, 0.1) is 0 Å². The molecule has 74 valence electrons. The summed E-state index contributed by atoms with van der Waals surface area (Å²) in [5, 5.41) is 10.5. The zero-order valence-electron chi connectivity index (χ0n) is 8.44.